The van der Waals surface area contributed by atoms with Gasteiger partial charge in [0.15, 0.2) is 0 Å². The molecule has 2 rings (SSSR count). The number of hydrogen-bond acceptors (Lipinski definition) is 5. The molecule has 9 nitrogen and oxygen atoms in total. The maximum absolute atomic E-state index is 11.8. The molecule has 0 saturated carbocycles. The Morgan fingerprint density at radius 2 is 2.28 bits per heavy atom. The number of piperidine rings is 1. The fourth-order valence-corrected chi connectivity index (χ4v) is 1.87. The number of likely N-dealkylation sites (tertiary alicyclic amines) is 1. The molecule has 0 aliphatic carbocycles. The van der Waals surface area contributed by atoms with E-state index < -0.39 is 17.9 Å². The van der Waals surface area contributed by atoms with Crippen molar-refractivity contribution in [1.29, 1.82) is 0 Å². The second kappa shape index (κ2) is 4.98. The summed E-state index contributed by atoms with van der Waals surface area (Å²) < 4.78 is 0. The molecule has 1 saturated heterocycles. The van der Waals surface area contributed by atoms with Gasteiger partial charge < -0.3 is 10.0 Å². The van der Waals surface area contributed by atoms with Gasteiger partial charge in [-0.05, 0) is 18.1 Å². The topological polar surface area (TPSA) is 113 Å². The lowest BCUT2D eigenvalue weighted by Crippen LogP contribution is -2.44. The summed E-state index contributed by atoms with van der Waals surface area (Å²) in [6, 6.07) is -0.394. The van der Waals surface area contributed by atoms with Gasteiger partial charge in [0.2, 0.25) is 0 Å². The van der Waals surface area contributed by atoms with E-state index in [1.165, 1.54) is 9.70 Å². The van der Waals surface area contributed by atoms with Crippen LogP contribution in [0.1, 0.15) is 12.8 Å². The monoisotopic (exact) mass is 254 g/mol. The SMILES string of the molecule is Cn1nnc(NC(=O)N2CCC[C@@H](C(=O)O)C2)n1. The zero-order valence-corrected chi connectivity index (χ0v) is 9.91. The number of tetrazole rings is 1. The average Bonchev–Trinajstić information content (AvgIpc) is 2.75. The average molecular weight is 254 g/mol. The third kappa shape index (κ3) is 2.73. The Balaban J connectivity index is 1.94. The molecule has 0 bridgehead atoms. The van der Waals surface area contributed by atoms with Crippen molar-refractivity contribution >= 4 is 17.9 Å². The van der Waals surface area contributed by atoms with E-state index in [2.05, 4.69) is 20.7 Å². The van der Waals surface area contributed by atoms with Gasteiger partial charge in [-0.15, -0.1) is 5.10 Å². The fraction of sp³-hybridized carbons (Fsp3) is 0.667. The smallest absolute Gasteiger partial charge is 0.324 e. The molecule has 9 heteroatoms. The minimum absolute atomic E-state index is 0.111. The number of hydrogen-bond donors (Lipinski definition) is 2. The van der Waals surface area contributed by atoms with E-state index in [1.807, 2.05) is 0 Å². The van der Waals surface area contributed by atoms with E-state index in [0.717, 1.165) is 0 Å². The third-order valence-electron chi connectivity index (χ3n) is 2.78. The number of urea groups is 1. The molecule has 98 valence electrons. The van der Waals surface area contributed by atoms with Gasteiger partial charge in [0.1, 0.15) is 0 Å². The van der Waals surface area contributed by atoms with Gasteiger partial charge in [-0.2, -0.15) is 4.80 Å². The van der Waals surface area contributed by atoms with E-state index in [1.54, 1.807) is 7.05 Å². The number of carbonyl (C=O) groups is 2. The van der Waals surface area contributed by atoms with Crippen LogP contribution in [0, 0.1) is 5.92 Å². The molecular weight excluding hydrogens is 240 g/mol. The zero-order chi connectivity index (χ0) is 13.1. The molecule has 0 spiro atoms. The van der Waals surface area contributed by atoms with Crippen molar-refractivity contribution < 1.29 is 14.7 Å². The molecule has 0 radical (unpaired) electrons. The van der Waals surface area contributed by atoms with Gasteiger partial charge in [0.25, 0.3) is 5.95 Å². The lowest BCUT2D eigenvalue weighted by Gasteiger charge is -2.30. The first kappa shape index (κ1) is 12.3. The summed E-state index contributed by atoms with van der Waals surface area (Å²) in [6.07, 6.45) is 1.28. The van der Waals surface area contributed by atoms with Crippen molar-refractivity contribution in [2.45, 2.75) is 12.8 Å². The molecule has 1 aliphatic heterocycles. The molecule has 1 atom stereocenters. The van der Waals surface area contributed by atoms with Crippen LogP contribution >= 0.6 is 0 Å². The number of aromatic nitrogens is 4. The van der Waals surface area contributed by atoms with Crippen LogP contribution in [0.4, 0.5) is 10.7 Å². The van der Waals surface area contributed by atoms with Crippen LogP contribution in [0.5, 0.6) is 0 Å². The maximum atomic E-state index is 11.8. The second-order valence-corrected chi connectivity index (χ2v) is 4.16. The Morgan fingerprint density at radius 1 is 1.50 bits per heavy atom. The molecule has 18 heavy (non-hydrogen) atoms. The highest BCUT2D eigenvalue weighted by Gasteiger charge is 2.28. The van der Waals surface area contributed by atoms with Crippen molar-refractivity contribution in [3.05, 3.63) is 0 Å². The quantitative estimate of drug-likeness (QED) is 0.738. The highest BCUT2D eigenvalue weighted by Crippen LogP contribution is 2.17. The number of aryl methyl sites for hydroxylation is 1. The highest BCUT2D eigenvalue weighted by molar-refractivity contribution is 5.87. The van der Waals surface area contributed by atoms with E-state index in [9.17, 15) is 9.59 Å². The first-order valence-corrected chi connectivity index (χ1v) is 5.59. The van der Waals surface area contributed by atoms with Crippen molar-refractivity contribution in [2.24, 2.45) is 13.0 Å². The van der Waals surface area contributed by atoms with Gasteiger partial charge in [-0.25, -0.2) is 4.79 Å². The lowest BCUT2D eigenvalue weighted by molar-refractivity contribution is -0.143. The number of carboxylic acid groups (broad SMARTS) is 1. The number of carbonyl (C=O) groups excluding carboxylic acids is 1. The first-order valence-electron chi connectivity index (χ1n) is 5.59. The lowest BCUT2D eigenvalue weighted by atomic mass is 9.99. The standard InChI is InChI=1S/C9H14N6O3/c1-14-12-8(11-13-14)10-9(18)15-4-2-3-6(5-15)7(16)17/h6H,2-5H2,1H3,(H,16,17)(H,10,12,18)/t6-/m1/s1. The van der Waals surface area contributed by atoms with Gasteiger partial charge in [-0.1, -0.05) is 5.10 Å². The van der Waals surface area contributed by atoms with E-state index in [-0.39, 0.29) is 12.5 Å². The summed E-state index contributed by atoms with van der Waals surface area (Å²) >= 11 is 0. The Bertz CT molecular complexity index is 459. The predicted octanol–water partition coefficient (Wildman–Crippen LogP) is -0.461. The van der Waals surface area contributed by atoms with Gasteiger partial charge in [0.05, 0.1) is 13.0 Å². The summed E-state index contributed by atoms with van der Waals surface area (Å²) in [6.45, 7) is 0.747. The van der Waals surface area contributed by atoms with Gasteiger partial charge in [-0.3, -0.25) is 10.1 Å². The molecule has 1 aromatic rings. The predicted molar refractivity (Wildman–Crippen MR) is 59.7 cm³/mol. The summed E-state index contributed by atoms with van der Waals surface area (Å²) in [5.74, 6) is -1.26. The zero-order valence-electron chi connectivity index (χ0n) is 9.91. The van der Waals surface area contributed by atoms with Crippen molar-refractivity contribution in [3.63, 3.8) is 0 Å². The van der Waals surface area contributed by atoms with Crippen LogP contribution in [0.15, 0.2) is 0 Å². The number of nitrogens with one attached hydrogen (secondary N) is 1. The van der Waals surface area contributed by atoms with Crippen molar-refractivity contribution in [2.75, 3.05) is 18.4 Å². The van der Waals surface area contributed by atoms with Crippen LogP contribution < -0.4 is 5.32 Å². The Kier molecular flexibility index (Phi) is 3.40. The molecular formula is C9H14N6O3. The van der Waals surface area contributed by atoms with E-state index in [0.29, 0.717) is 19.4 Å². The first-order chi connectivity index (χ1) is 8.56. The second-order valence-electron chi connectivity index (χ2n) is 4.16. The molecule has 0 aromatic carbocycles. The number of nitrogens with zero attached hydrogens (tertiary/aromatic N) is 5. The number of carboxylic acids is 1. The molecule has 1 aromatic heterocycles. The number of anilines is 1. The van der Waals surface area contributed by atoms with Crippen LogP contribution in [0.25, 0.3) is 0 Å². The summed E-state index contributed by atoms with van der Waals surface area (Å²) in [5, 5.41) is 22.5. The van der Waals surface area contributed by atoms with Gasteiger partial charge >= 0.3 is 12.0 Å². The summed E-state index contributed by atoms with van der Waals surface area (Å²) in [7, 11) is 1.59. The third-order valence-corrected chi connectivity index (χ3v) is 2.78. The van der Waals surface area contributed by atoms with Crippen molar-refractivity contribution in [3.8, 4) is 0 Å². The summed E-state index contributed by atoms with van der Waals surface area (Å²) in [5.41, 5.74) is 0. The normalized spacial score (nSPS) is 19.6. The van der Waals surface area contributed by atoms with Crippen LogP contribution in [-0.4, -0.2) is 55.3 Å². The minimum atomic E-state index is -0.870. The number of amides is 2. The van der Waals surface area contributed by atoms with E-state index >= 15 is 0 Å². The molecule has 2 amide bonds. The Hall–Kier alpha value is -2.19. The van der Waals surface area contributed by atoms with Crippen LogP contribution in [-0.2, 0) is 11.8 Å². The van der Waals surface area contributed by atoms with Gasteiger partial charge in [0, 0.05) is 13.1 Å². The molecule has 1 fully saturated rings. The Labute approximate surface area is 103 Å². The van der Waals surface area contributed by atoms with Crippen LogP contribution in [0.2, 0.25) is 0 Å². The summed E-state index contributed by atoms with van der Waals surface area (Å²) in [4.78, 5) is 25.4. The highest BCUT2D eigenvalue weighted by atomic mass is 16.4. The molecule has 2 heterocycles. The minimum Gasteiger partial charge on any atom is -0.481 e. The molecule has 2 N–H and O–H groups in total. The largest absolute Gasteiger partial charge is 0.481 e. The molecule has 1 aliphatic rings. The molecule has 0 unspecified atom stereocenters. The number of aliphatic carboxylic acids is 1. The maximum Gasteiger partial charge on any atom is 0.324 e. The van der Waals surface area contributed by atoms with Crippen LogP contribution in [0.3, 0.4) is 0 Å². The Morgan fingerprint density at radius 3 is 2.89 bits per heavy atom. The number of rotatable bonds is 2. The van der Waals surface area contributed by atoms with Crippen molar-refractivity contribution in [1.82, 2.24) is 25.1 Å². The fourth-order valence-electron chi connectivity index (χ4n) is 1.87. The van der Waals surface area contributed by atoms with E-state index in [4.69, 9.17) is 5.11 Å².